The zero-order chi connectivity index (χ0) is 15.0. The summed E-state index contributed by atoms with van der Waals surface area (Å²) >= 11 is 3.50. The summed E-state index contributed by atoms with van der Waals surface area (Å²) in [6, 6.07) is 7.61. The maximum atomic E-state index is 12.3. The van der Waals surface area contributed by atoms with Crippen LogP contribution in [0.5, 0.6) is 5.88 Å². The maximum Gasteiger partial charge on any atom is 0.254 e. The first-order valence-corrected chi connectivity index (χ1v) is 9.20. The fourth-order valence-corrected chi connectivity index (χ4v) is 5.20. The van der Waals surface area contributed by atoms with Crippen LogP contribution in [0.25, 0.3) is 0 Å². The maximum absolute atomic E-state index is 12.3. The number of hydrogen-bond donors (Lipinski definition) is 0. The van der Waals surface area contributed by atoms with E-state index in [-0.39, 0.29) is 16.8 Å². The molecule has 4 rings (SSSR count). The standard InChI is InChI=1S/C16H16N2O2S2/c19-15(12-4-6-21-8-12)18-10-16(11-18)7-13(9-22-16)20-14-3-1-2-5-17-14/h1-6,8,13H,7,9-11H2/t13-/m0/s1. The highest BCUT2D eigenvalue weighted by molar-refractivity contribution is 8.01. The lowest BCUT2D eigenvalue weighted by atomic mass is 9.92. The van der Waals surface area contributed by atoms with Gasteiger partial charge in [-0.25, -0.2) is 4.98 Å². The third kappa shape index (κ3) is 2.61. The molecule has 0 bridgehead atoms. The average Bonchev–Trinajstić information content (AvgIpc) is 3.16. The molecular weight excluding hydrogens is 316 g/mol. The first kappa shape index (κ1) is 14.1. The van der Waals surface area contributed by atoms with E-state index in [1.807, 2.05) is 51.7 Å². The molecule has 2 saturated heterocycles. The molecule has 22 heavy (non-hydrogen) atoms. The number of ether oxygens (including phenoxy) is 1. The fraction of sp³-hybridized carbons (Fsp3) is 0.375. The highest BCUT2D eigenvalue weighted by Gasteiger charge is 2.51. The summed E-state index contributed by atoms with van der Waals surface area (Å²) in [5.41, 5.74) is 0.809. The van der Waals surface area contributed by atoms with Crippen LogP contribution in [0.1, 0.15) is 16.8 Å². The second-order valence-electron chi connectivity index (χ2n) is 5.78. The van der Waals surface area contributed by atoms with Gasteiger partial charge in [-0.2, -0.15) is 11.3 Å². The number of likely N-dealkylation sites (tertiary alicyclic amines) is 1. The van der Waals surface area contributed by atoms with Crippen molar-refractivity contribution < 1.29 is 9.53 Å². The zero-order valence-corrected chi connectivity index (χ0v) is 13.6. The lowest BCUT2D eigenvalue weighted by molar-refractivity contribution is 0.0516. The smallest absolute Gasteiger partial charge is 0.254 e. The van der Waals surface area contributed by atoms with Crippen LogP contribution in [-0.4, -0.2) is 45.5 Å². The van der Waals surface area contributed by atoms with Crippen molar-refractivity contribution in [2.24, 2.45) is 0 Å². The van der Waals surface area contributed by atoms with E-state index in [0.29, 0.717) is 5.88 Å². The lowest BCUT2D eigenvalue weighted by Gasteiger charge is -2.47. The van der Waals surface area contributed by atoms with Crippen LogP contribution in [0.3, 0.4) is 0 Å². The Morgan fingerprint density at radius 3 is 3.00 bits per heavy atom. The molecular formula is C16H16N2O2S2. The van der Waals surface area contributed by atoms with Gasteiger partial charge in [0, 0.05) is 42.9 Å². The largest absolute Gasteiger partial charge is 0.473 e. The zero-order valence-electron chi connectivity index (χ0n) is 12.0. The number of carbonyl (C=O) groups excluding carboxylic acids is 1. The predicted octanol–water partition coefficient (Wildman–Crippen LogP) is 2.92. The van der Waals surface area contributed by atoms with E-state index in [4.69, 9.17) is 4.74 Å². The molecule has 2 aliphatic rings. The number of carbonyl (C=O) groups is 1. The van der Waals surface area contributed by atoms with Gasteiger partial charge in [0.2, 0.25) is 5.88 Å². The number of amides is 1. The highest BCUT2D eigenvalue weighted by atomic mass is 32.2. The summed E-state index contributed by atoms with van der Waals surface area (Å²) in [4.78, 5) is 18.4. The number of hydrogen-bond acceptors (Lipinski definition) is 5. The number of thioether (sulfide) groups is 1. The van der Waals surface area contributed by atoms with Gasteiger partial charge in [-0.05, 0) is 17.5 Å². The topological polar surface area (TPSA) is 42.4 Å². The van der Waals surface area contributed by atoms with Gasteiger partial charge in [0.1, 0.15) is 6.10 Å². The molecule has 0 radical (unpaired) electrons. The number of nitrogens with zero attached hydrogens (tertiary/aromatic N) is 2. The van der Waals surface area contributed by atoms with Crippen molar-refractivity contribution in [2.75, 3.05) is 18.8 Å². The Balaban J connectivity index is 1.33. The minimum absolute atomic E-state index is 0.154. The van der Waals surface area contributed by atoms with Crippen molar-refractivity contribution >= 4 is 29.0 Å². The van der Waals surface area contributed by atoms with Gasteiger partial charge in [0.25, 0.3) is 5.91 Å². The Bertz CT molecular complexity index is 654. The number of pyridine rings is 1. The van der Waals surface area contributed by atoms with Gasteiger partial charge in [-0.15, -0.1) is 11.8 Å². The molecule has 0 N–H and O–H groups in total. The van der Waals surface area contributed by atoms with Crippen molar-refractivity contribution in [1.82, 2.24) is 9.88 Å². The number of aromatic nitrogens is 1. The van der Waals surface area contributed by atoms with E-state index in [1.165, 1.54) is 0 Å². The normalized spacial score (nSPS) is 22.5. The van der Waals surface area contributed by atoms with Crippen LogP contribution in [0.2, 0.25) is 0 Å². The lowest BCUT2D eigenvalue weighted by Crippen LogP contribution is -2.60. The second-order valence-corrected chi connectivity index (χ2v) is 8.05. The molecule has 2 fully saturated rings. The first-order chi connectivity index (χ1) is 10.7. The van der Waals surface area contributed by atoms with Crippen molar-refractivity contribution in [1.29, 1.82) is 0 Å². The van der Waals surface area contributed by atoms with Gasteiger partial charge in [-0.3, -0.25) is 4.79 Å². The molecule has 114 valence electrons. The fourth-order valence-electron chi connectivity index (χ4n) is 3.05. The Kier molecular flexibility index (Phi) is 3.58. The Morgan fingerprint density at radius 1 is 1.36 bits per heavy atom. The molecule has 0 aromatic carbocycles. The van der Waals surface area contributed by atoms with Gasteiger partial charge >= 0.3 is 0 Å². The average molecular weight is 332 g/mol. The molecule has 4 nitrogen and oxygen atoms in total. The Hall–Kier alpha value is -1.53. The van der Waals surface area contributed by atoms with E-state index < -0.39 is 0 Å². The number of thiophene rings is 1. The number of rotatable bonds is 3. The third-order valence-corrected chi connectivity index (χ3v) is 6.37. The van der Waals surface area contributed by atoms with E-state index in [2.05, 4.69) is 4.98 Å². The van der Waals surface area contributed by atoms with Crippen LogP contribution in [-0.2, 0) is 0 Å². The molecule has 1 atom stereocenters. The van der Waals surface area contributed by atoms with Gasteiger partial charge in [0.15, 0.2) is 0 Å². The molecule has 6 heteroatoms. The summed E-state index contributed by atoms with van der Waals surface area (Å²) < 4.78 is 6.13. The molecule has 0 saturated carbocycles. The monoisotopic (exact) mass is 332 g/mol. The molecule has 0 aliphatic carbocycles. The molecule has 1 spiro atoms. The van der Waals surface area contributed by atoms with E-state index in [9.17, 15) is 4.79 Å². The van der Waals surface area contributed by atoms with E-state index in [0.717, 1.165) is 30.8 Å². The van der Waals surface area contributed by atoms with Crippen LogP contribution in [0.4, 0.5) is 0 Å². The first-order valence-electron chi connectivity index (χ1n) is 7.27. The molecule has 2 aromatic rings. The summed E-state index contributed by atoms with van der Waals surface area (Å²) in [7, 11) is 0. The van der Waals surface area contributed by atoms with Gasteiger partial charge < -0.3 is 9.64 Å². The minimum Gasteiger partial charge on any atom is -0.473 e. The molecule has 1 amide bonds. The minimum atomic E-state index is 0.154. The summed E-state index contributed by atoms with van der Waals surface area (Å²) in [6.45, 7) is 1.66. The molecule has 2 aliphatic heterocycles. The SMILES string of the molecule is O=C(c1ccsc1)N1CC2(C[C@H](Oc3ccccn3)CS2)C1. The van der Waals surface area contributed by atoms with Crippen molar-refractivity contribution in [2.45, 2.75) is 17.3 Å². The van der Waals surface area contributed by atoms with Crippen LogP contribution >= 0.6 is 23.1 Å². The van der Waals surface area contributed by atoms with Gasteiger partial charge in [-0.1, -0.05) is 6.07 Å². The molecule has 2 aromatic heterocycles. The van der Waals surface area contributed by atoms with Gasteiger partial charge in [0.05, 0.1) is 10.3 Å². The van der Waals surface area contributed by atoms with E-state index >= 15 is 0 Å². The second kappa shape index (κ2) is 5.59. The predicted molar refractivity (Wildman–Crippen MR) is 88.7 cm³/mol. The highest BCUT2D eigenvalue weighted by Crippen LogP contribution is 2.46. The summed E-state index contributed by atoms with van der Waals surface area (Å²) in [6.07, 6.45) is 2.93. The Morgan fingerprint density at radius 2 is 2.27 bits per heavy atom. The molecule has 0 unspecified atom stereocenters. The van der Waals surface area contributed by atoms with E-state index in [1.54, 1.807) is 17.5 Å². The summed E-state index contributed by atoms with van der Waals surface area (Å²) in [5.74, 6) is 1.81. The van der Waals surface area contributed by atoms with Crippen LogP contribution in [0.15, 0.2) is 41.2 Å². The third-order valence-electron chi connectivity index (χ3n) is 4.11. The van der Waals surface area contributed by atoms with Crippen LogP contribution in [0, 0.1) is 0 Å². The Labute approximate surface area is 137 Å². The van der Waals surface area contributed by atoms with Crippen molar-refractivity contribution in [3.05, 3.63) is 46.8 Å². The van der Waals surface area contributed by atoms with Crippen molar-refractivity contribution in [3.63, 3.8) is 0 Å². The van der Waals surface area contributed by atoms with Crippen molar-refractivity contribution in [3.8, 4) is 5.88 Å². The quantitative estimate of drug-likeness (QED) is 0.867. The van der Waals surface area contributed by atoms with Crippen LogP contribution < -0.4 is 4.74 Å². The summed E-state index contributed by atoms with van der Waals surface area (Å²) in [5, 5.41) is 3.87. The molecule has 4 heterocycles.